The van der Waals surface area contributed by atoms with Gasteiger partial charge in [-0.2, -0.15) is 0 Å². The van der Waals surface area contributed by atoms with Crippen molar-refractivity contribution in [2.24, 2.45) is 0 Å². The van der Waals surface area contributed by atoms with Crippen molar-refractivity contribution < 1.29 is 14.1 Å². The van der Waals surface area contributed by atoms with E-state index in [1.807, 2.05) is 122 Å². The number of nitrogens with one attached hydrogen (secondary N) is 1. The maximum absolute atomic E-state index is 14.8. The Morgan fingerprint density at radius 1 is 0.806 bits per heavy atom. The lowest BCUT2D eigenvalue weighted by molar-refractivity contribution is -0.140. The maximum Gasteiger partial charge on any atom is 0.335 e. The topological polar surface area (TPSA) is 55.4 Å². The van der Waals surface area contributed by atoms with Crippen LogP contribution in [0.5, 0.6) is 0 Å². The highest BCUT2D eigenvalue weighted by atomic mass is 31.2. The van der Waals surface area contributed by atoms with Gasteiger partial charge in [-0.15, -0.1) is 0 Å². The van der Waals surface area contributed by atoms with E-state index >= 15 is 0 Å². The van der Waals surface area contributed by atoms with Crippen LogP contribution >= 0.6 is 7.29 Å². The molecule has 36 heavy (non-hydrogen) atoms. The van der Waals surface area contributed by atoms with Gasteiger partial charge in [-0.25, -0.2) is 9.88 Å². The molecule has 0 radical (unpaired) electrons. The van der Waals surface area contributed by atoms with Gasteiger partial charge in [0.2, 0.25) is 7.29 Å². The van der Waals surface area contributed by atoms with E-state index in [2.05, 4.69) is 5.09 Å². The van der Waals surface area contributed by atoms with Gasteiger partial charge in [0.25, 0.3) is 0 Å². The van der Waals surface area contributed by atoms with E-state index in [4.69, 9.17) is 4.74 Å². The normalized spacial score (nSPS) is 12.7. The first kappa shape index (κ1) is 25.4. The molecule has 5 heteroatoms. The molecular formula is C31H30NO3P. The quantitative estimate of drug-likeness (QED) is 0.170. The van der Waals surface area contributed by atoms with Gasteiger partial charge in [-0.05, 0) is 49.2 Å². The molecule has 0 heterocycles. The Bertz CT molecular complexity index is 1310. The number of benzene rings is 4. The molecule has 182 valence electrons. The van der Waals surface area contributed by atoms with Gasteiger partial charge in [0, 0.05) is 10.6 Å². The summed E-state index contributed by atoms with van der Waals surface area (Å²) in [6.45, 7) is 3.97. The predicted octanol–water partition coefficient (Wildman–Crippen LogP) is 6.24. The van der Waals surface area contributed by atoms with Gasteiger partial charge in [-0.3, -0.25) is 4.57 Å². The van der Waals surface area contributed by atoms with Crippen molar-refractivity contribution in [2.75, 3.05) is 0 Å². The lowest BCUT2D eigenvalue weighted by Gasteiger charge is -2.28. The Hall–Kier alpha value is -3.72. The predicted molar refractivity (Wildman–Crippen MR) is 147 cm³/mol. The first-order valence-electron chi connectivity index (χ1n) is 11.9. The Labute approximate surface area is 213 Å². The molecule has 0 bridgehead atoms. The molecule has 0 aliphatic rings. The molecule has 1 atom stereocenters. The molecule has 0 aliphatic heterocycles. The second-order valence-corrected chi connectivity index (χ2v) is 11.1. The van der Waals surface area contributed by atoms with Crippen molar-refractivity contribution >= 4 is 23.9 Å². The Balaban J connectivity index is 1.74. The van der Waals surface area contributed by atoms with Crippen LogP contribution in [0.2, 0.25) is 0 Å². The van der Waals surface area contributed by atoms with E-state index in [0.29, 0.717) is 16.2 Å². The van der Waals surface area contributed by atoms with Crippen molar-refractivity contribution in [2.45, 2.75) is 26.5 Å². The van der Waals surface area contributed by atoms with Gasteiger partial charge in [-0.1, -0.05) is 103 Å². The first-order valence-corrected chi connectivity index (χ1v) is 13.6. The van der Waals surface area contributed by atoms with Crippen LogP contribution in [0.15, 0.2) is 127 Å². The summed E-state index contributed by atoms with van der Waals surface area (Å²) < 4.78 is 20.5. The van der Waals surface area contributed by atoms with Crippen LogP contribution in [-0.4, -0.2) is 5.97 Å². The summed E-state index contributed by atoms with van der Waals surface area (Å²) in [5.41, 5.74) is 3.24. The van der Waals surface area contributed by atoms with Gasteiger partial charge in [0.05, 0.1) is 11.6 Å². The molecule has 0 aromatic heterocycles. The fraction of sp³-hybridized carbons (Fsp3) is 0.129. The number of rotatable bonds is 9. The molecule has 4 aromatic rings. The van der Waals surface area contributed by atoms with Crippen molar-refractivity contribution in [3.05, 3.63) is 144 Å². The van der Waals surface area contributed by atoms with Crippen LogP contribution < -0.4 is 15.7 Å². The molecule has 0 fully saturated rings. The molecule has 4 rings (SSSR count). The smallest absolute Gasteiger partial charge is 0.335 e. The monoisotopic (exact) mass is 495 g/mol. The van der Waals surface area contributed by atoms with Crippen LogP contribution in [-0.2, 0) is 20.7 Å². The number of hydrogen-bond acceptors (Lipinski definition) is 3. The second kappa shape index (κ2) is 11.8. The third kappa shape index (κ3) is 5.91. The summed E-state index contributed by atoms with van der Waals surface area (Å²) in [5, 5.41) is 4.75. The van der Waals surface area contributed by atoms with E-state index in [1.165, 1.54) is 0 Å². The lowest BCUT2D eigenvalue weighted by Crippen LogP contribution is -2.33. The third-order valence-electron chi connectivity index (χ3n) is 6.03. The average Bonchev–Trinajstić information content (AvgIpc) is 2.93. The number of hydrogen-bond donors (Lipinski definition) is 1. The standard InChI is InChI=1S/C31H30NO3P/c1-3-29(31(33)35-23-25-13-7-4-8-14-25)30(26-21-19-24(2)20-22-26)32-36(34,27-15-9-5-10-16-27)28-17-11-6-12-18-28/h3-22,30H,23H2,1-2H3,(H,32,34)/b29-3+/t30-/m1/s1. The summed E-state index contributed by atoms with van der Waals surface area (Å²) >= 11 is 0. The summed E-state index contributed by atoms with van der Waals surface area (Å²) in [6.07, 6.45) is 1.74. The van der Waals surface area contributed by atoms with E-state index in [1.54, 1.807) is 13.0 Å². The van der Waals surface area contributed by atoms with E-state index in [0.717, 1.165) is 16.7 Å². The number of allylic oxidation sites excluding steroid dienone is 1. The summed E-state index contributed by atoms with van der Waals surface area (Å²) in [5.74, 6) is -0.452. The number of esters is 1. The molecular weight excluding hydrogens is 465 g/mol. The van der Waals surface area contributed by atoms with Gasteiger partial charge in [0.15, 0.2) is 0 Å². The Morgan fingerprint density at radius 2 is 1.31 bits per heavy atom. The minimum Gasteiger partial charge on any atom is -0.457 e. The van der Waals surface area contributed by atoms with E-state index in [-0.39, 0.29) is 6.61 Å². The number of carbonyl (C=O) groups excluding carboxylic acids is 1. The lowest BCUT2D eigenvalue weighted by atomic mass is 9.98. The molecule has 0 saturated carbocycles. The largest absolute Gasteiger partial charge is 0.457 e. The third-order valence-corrected chi connectivity index (χ3v) is 8.70. The fourth-order valence-electron chi connectivity index (χ4n) is 4.05. The highest BCUT2D eigenvalue weighted by molar-refractivity contribution is 7.76. The maximum atomic E-state index is 14.8. The fourth-order valence-corrected chi connectivity index (χ4v) is 6.48. The summed E-state index contributed by atoms with van der Waals surface area (Å²) in [4.78, 5) is 13.4. The number of aryl methyl sites for hydroxylation is 1. The second-order valence-electron chi connectivity index (χ2n) is 8.56. The Kier molecular flexibility index (Phi) is 8.32. The molecule has 0 spiro atoms. The zero-order valence-electron chi connectivity index (χ0n) is 20.5. The molecule has 1 N–H and O–H groups in total. The highest BCUT2D eigenvalue weighted by Gasteiger charge is 2.34. The minimum absolute atomic E-state index is 0.159. The molecule has 0 aliphatic carbocycles. The summed E-state index contributed by atoms with van der Waals surface area (Å²) in [7, 11) is -3.34. The van der Waals surface area contributed by atoms with Crippen molar-refractivity contribution in [3.63, 3.8) is 0 Å². The molecule has 0 unspecified atom stereocenters. The zero-order chi connectivity index (χ0) is 25.4. The zero-order valence-corrected chi connectivity index (χ0v) is 21.4. The van der Waals surface area contributed by atoms with Crippen LogP contribution in [0.1, 0.15) is 29.7 Å². The Morgan fingerprint density at radius 3 is 1.81 bits per heavy atom. The molecule has 0 saturated heterocycles. The molecule has 0 amide bonds. The van der Waals surface area contributed by atoms with Crippen LogP contribution in [0.3, 0.4) is 0 Å². The SMILES string of the molecule is C/C=C(/C(=O)OCc1ccccc1)[C@H](NP(=O)(c1ccccc1)c1ccccc1)c1ccc(C)cc1. The van der Waals surface area contributed by atoms with Crippen molar-refractivity contribution in [1.29, 1.82) is 0 Å². The van der Waals surface area contributed by atoms with E-state index < -0.39 is 19.3 Å². The van der Waals surface area contributed by atoms with Crippen LogP contribution in [0.4, 0.5) is 0 Å². The van der Waals surface area contributed by atoms with E-state index in [9.17, 15) is 9.36 Å². The van der Waals surface area contributed by atoms with Gasteiger partial charge < -0.3 is 4.74 Å². The first-order chi connectivity index (χ1) is 17.5. The highest BCUT2D eigenvalue weighted by Crippen LogP contribution is 2.43. The van der Waals surface area contributed by atoms with Crippen LogP contribution in [0.25, 0.3) is 0 Å². The number of ether oxygens (including phenoxy) is 1. The average molecular weight is 496 g/mol. The van der Waals surface area contributed by atoms with Crippen molar-refractivity contribution in [1.82, 2.24) is 5.09 Å². The molecule has 4 nitrogen and oxygen atoms in total. The van der Waals surface area contributed by atoms with Gasteiger partial charge >= 0.3 is 5.97 Å². The molecule has 4 aromatic carbocycles. The number of carbonyl (C=O) groups is 1. The van der Waals surface area contributed by atoms with Gasteiger partial charge in [0.1, 0.15) is 6.61 Å². The minimum atomic E-state index is -3.34. The van der Waals surface area contributed by atoms with Crippen LogP contribution in [0, 0.1) is 6.92 Å². The van der Waals surface area contributed by atoms with Crippen molar-refractivity contribution in [3.8, 4) is 0 Å². The summed E-state index contributed by atoms with van der Waals surface area (Å²) in [6, 6.07) is 35.5.